The first-order chi connectivity index (χ1) is 8.34. The Hall–Kier alpha value is -1.55. The van der Waals surface area contributed by atoms with Gasteiger partial charge < -0.3 is 15.4 Å². The van der Waals surface area contributed by atoms with Crippen LogP contribution in [0.3, 0.4) is 0 Å². The average molecular weight is 232 g/mol. The highest BCUT2D eigenvalue weighted by Crippen LogP contribution is 2.41. The third-order valence-electron chi connectivity index (χ3n) is 3.59. The van der Waals surface area contributed by atoms with Crippen LogP contribution in [0.1, 0.15) is 5.56 Å². The molecule has 2 aliphatic rings. The lowest BCUT2D eigenvalue weighted by atomic mass is 10.2. The summed E-state index contributed by atoms with van der Waals surface area (Å²) in [6.07, 6.45) is -0.298. The van der Waals surface area contributed by atoms with Gasteiger partial charge in [0.15, 0.2) is 0 Å². The van der Waals surface area contributed by atoms with Crippen LogP contribution in [0.2, 0.25) is 0 Å². The largest absolute Gasteiger partial charge is 0.445 e. The fourth-order valence-electron chi connectivity index (χ4n) is 2.53. The monoisotopic (exact) mass is 232 g/mol. The van der Waals surface area contributed by atoms with Gasteiger partial charge in [0.1, 0.15) is 6.61 Å². The van der Waals surface area contributed by atoms with Crippen molar-refractivity contribution in [3.05, 3.63) is 35.9 Å². The number of fused-ring (bicyclic) bond motifs is 1. The van der Waals surface area contributed by atoms with Gasteiger partial charge in [-0.25, -0.2) is 4.79 Å². The van der Waals surface area contributed by atoms with Gasteiger partial charge in [-0.2, -0.15) is 0 Å². The molecule has 1 heterocycles. The van der Waals surface area contributed by atoms with E-state index < -0.39 is 0 Å². The third-order valence-corrected chi connectivity index (χ3v) is 3.59. The zero-order valence-electron chi connectivity index (χ0n) is 9.56. The Labute approximate surface area is 100 Å². The highest BCUT2D eigenvalue weighted by atomic mass is 16.5. The summed E-state index contributed by atoms with van der Waals surface area (Å²) in [6.45, 7) is 2.38. The zero-order chi connectivity index (χ0) is 11.7. The fourth-order valence-corrected chi connectivity index (χ4v) is 2.53. The van der Waals surface area contributed by atoms with Crippen molar-refractivity contribution < 1.29 is 9.53 Å². The van der Waals surface area contributed by atoms with Crippen molar-refractivity contribution in [2.45, 2.75) is 12.6 Å². The molecule has 1 saturated heterocycles. The van der Waals surface area contributed by atoms with Gasteiger partial charge in [-0.1, -0.05) is 30.3 Å². The first-order valence-corrected chi connectivity index (χ1v) is 6.02. The molecule has 3 atom stereocenters. The molecule has 2 N–H and O–H groups in total. The Morgan fingerprint density at radius 2 is 2.00 bits per heavy atom. The Morgan fingerprint density at radius 3 is 2.71 bits per heavy atom. The quantitative estimate of drug-likeness (QED) is 0.821. The van der Waals surface area contributed by atoms with Crippen LogP contribution >= 0.6 is 0 Å². The van der Waals surface area contributed by atoms with Gasteiger partial charge in [-0.3, -0.25) is 0 Å². The molecule has 3 rings (SSSR count). The van der Waals surface area contributed by atoms with Gasteiger partial charge in [0.2, 0.25) is 0 Å². The Bertz CT molecular complexity index is 397. The van der Waals surface area contributed by atoms with Crippen molar-refractivity contribution in [2.75, 3.05) is 13.1 Å². The number of carbonyl (C=O) groups excluding carboxylic acids is 1. The molecule has 0 bridgehead atoms. The first-order valence-electron chi connectivity index (χ1n) is 6.02. The van der Waals surface area contributed by atoms with Gasteiger partial charge in [0.05, 0.1) is 0 Å². The molecule has 90 valence electrons. The predicted octanol–water partition coefficient (Wildman–Crippen LogP) is 1.13. The molecule has 0 spiro atoms. The standard InChI is InChI=1S/C13H16N2O2/c16-13(15-12-10-6-14-7-11(10)12)17-8-9-4-2-1-3-5-9/h1-5,10-12,14H,6-8H2,(H,15,16)/t10-,11+,12?. The molecule has 1 aromatic rings. The van der Waals surface area contributed by atoms with Crippen LogP contribution in [0.4, 0.5) is 4.79 Å². The van der Waals surface area contributed by atoms with Gasteiger partial charge >= 0.3 is 6.09 Å². The van der Waals surface area contributed by atoms with E-state index >= 15 is 0 Å². The summed E-state index contributed by atoms with van der Waals surface area (Å²) >= 11 is 0. The maximum atomic E-state index is 11.5. The molecule has 0 radical (unpaired) electrons. The number of carbonyl (C=O) groups is 1. The number of rotatable bonds is 3. The van der Waals surface area contributed by atoms with Gasteiger partial charge in [0.25, 0.3) is 0 Å². The summed E-state index contributed by atoms with van der Waals surface area (Å²) in [6, 6.07) is 10.1. The normalized spacial score (nSPS) is 29.5. The number of ether oxygens (including phenoxy) is 1. The Kier molecular flexibility index (Phi) is 2.73. The van der Waals surface area contributed by atoms with E-state index in [2.05, 4.69) is 10.6 Å². The molecule has 4 heteroatoms. The summed E-state index contributed by atoms with van der Waals surface area (Å²) in [4.78, 5) is 11.5. The lowest BCUT2D eigenvalue weighted by molar-refractivity contribution is 0.138. The highest BCUT2D eigenvalue weighted by molar-refractivity contribution is 5.68. The second kappa shape index (κ2) is 4.37. The highest BCUT2D eigenvalue weighted by Gasteiger charge is 2.53. The maximum absolute atomic E-state index is 11.5. The number of nitrogens with one attached hydrogen (secondary N) is 2. The van der Waals surface area contributed by atoms with Crippen molar-refractivity contribution in [3.8, 4) is 0 Å². The topological polar surface area (TPSA) is 50.4 Å². The number of hydrogen-bond acceptors (Lipinski definition) is 3. The Morgan fingerprint density at radius 1 is 1.29 bits per heavy atom. The summed E-state index contributed by atoms with van der Waals surface area (Å²) in [5, 5.41) is 6.22. The van der Waals surface area contributed by atoms with Crippen LogP contribution in [-0.2, 0) is 11.3 Å². The van der Waals surface area contributed by atoms with Crippen molar-refractivity contribution in [1.29, 1.82) is 0 Å². The SMILES string of the molecule is O=C(NC1[C@H]2CNC[C@@H]12)OCc1ccccc1. The van der Waals surface area contributed by atoms with Crippen LogP contribution in [0.5, 0.6) is 0 Å². The van der Waals surface area contributed by atoms with Crippen LogP contribution in [0.25, 0.3) is 0 Å². The molecular weight excluding hydrogens is 216 g/mol. The molecule has 17 heavy (non-hydrogen) atoms. The summed E-state index contributed by atoms with van der Waals surface area (Å²) < 4.78 is 5.17. The number of piperidine rings is 1. The Balaban J connectivity index is 1.42. The van der Waals surface area contributed by atoms with Crippen molar-refractivity contribution >= 4 is 6.09 Å². The molecule has 1 saturated carbocycles. The minimum Gasteiger partial charge on any atom is -0.445 e. The third kappa shape index (κ3) is 2.26. The molecule has 1 unspecified atom stereocenters. The van der Waals surface area contributed by atoms with E-state index in [1.165, 1.54) is 0 Å². The summed E-state index contributed by atoms with van der Waals surface area (Å²) in [5.41, 5.74) is 1.01. The van der Waals surface area contributed by atoms with E-state index in [4.69, 9.17) is 4.74 Å². The van der Waals surface area contributed by atoms with E-state index in [0.29, 0.717) is 24.5 Å². The minimum absolute atomic E-state index is 0.298. The van der Waals surface area contributed by atoms with E-state index in [-0.39, 0.29) is 6.09 Å². The number of amides is 1. The number of benzene rings is 1. The first kappa shape index (κ1) is 10.6. The fraction of sp³-hybridized carbons (Fsp3) is 0.462. The second-order valence-electron chi connectivity index (χ2n) is 4.72. The van der Waals surface area contributed by atoms with Crippen LogP contribution < -0.4 is 10.6 Å². The van der Waals surface area contributed by atoms with E-state index in [1.807, 2.05) is 30.3 Å². The van der Waals surface area contributed by atoms with Crippen molar-refractivity contribution in [3.63, 3.8) is 0 Å². The summed E-state index contributed by atoms with van der Waals surface area (Å²) in [7, 11) is 0. The molecule has 2 fully saturated rings. The average Bonchev–Trinajstić information content (AvgIpc) is 2.79. The van der Waals surface area contributed by atoms with E-state index in [0.717, 1.165) is 18.7 Å². The number of hydrogen-bond donors (Lipinski definition) is 2. The van der Waals surface area contributed by atoms with Crippen molar-refractivity contribution in [1.82, 2.24) is 10.6 Å². The van der Waals surface area contributed by atoms with Crippen molar-refractivity contribution in [2.24, 2.45) is 11.8 Å². The van der Waals surface area contributed by atoms with Gasteiger partial charge in [0, 0.05) is 19.1 Å². The van der Waals surface area contributed by atoms with Crippen LogP contribution in [0.15, 0.2) is 30.3 Å². The molecule has 1 aromatic carbocycles. The van der Waals surface area contributed by atoms with E-state index in [1.54, 1.807) is 0 Å². The zero-order valence-corrected chi connectivity index (χ0v) is 9.56. The number of alkyl carbamates (subject to hydrolysis) is 1. The molecule has 1 aliphatic heterocycles. The lowest BCUT2D eigenvalue weighted by Gasteiger charge is -2.08. The van der Waals surface area contributed by atoms with Crippen LogP contribution in [-0.4, -0.2) is 25.2 Å². The van der Waals surface area contributed by atoms with E-state index in [9.17, 15) is 4.79 Å². The molecule has 0 aromatic heterocycles. The smallest absolute Gasteiger partial charge is 0.407 e. The van der Waals surface area contributed by atoms with Crippen LogP contribution in [0, 0.1) is 11.8 Å². The molecular formula is C13H16N2O2. The maximum Gasteiger partial charge on any atom is 0.407 e. The second-order valence-corrected chi connectivity index (χ2v) is 4.72. The summed E-state index contributed by atoms with van der Waals surface area (Å²) in [5.74, 6) is 1.25. The predicted molar refractivity (Wildman–Crippen MR) is 63.4 cm³/mol. The minimum atomic E-state index is -0.298. The molecule has 1 amide bonds. The molecule has 4 nitrogen and oxygen atoms in total. The lowest BCUT2D eigenvalue weighted by Crippen LogP contribution is -2.32. The van der Waals surface area contributed by atoms with Gasteiger partial charge in [-0.05, 0) is 17.4 Å². The van der Waals surface area contributed by atoms with Gasteiger partial charge in [-0.15, -0.1) is 0 Å². The molecule has 1 aliphatic carbocycles.